The van der Waals surface area contributed by atoms with Crippen molar-refractivity contribution in [3.63, 3.8) is 0 Å². The molecule has 1 N–H and O–H groups in total. The number of furan rings is 1. The molecule has 4 heteroatoms. The Kier molecular flexibility index (Phi) is 4.10. The number of nitrogens with one attached hydrogen (secondary N) is 1. The van der Waals surface area contributed by atoms with Crippen molar-refractivity contribution in [2.45, 2.75) is 26.8 Å². The molecular formula is C15H16BrNO2. The average Bonchev–Trinajstić information content (AvgIpc) is 2.78. The van der Waals surface area contributed by atoms with Crippen LogP contribution in [0.4, 0.5) is 0 Å². The number of benzene rings is 1. The first-order chi connectivity index (χ1) is 8.99. The Bertz CT molecular complexity index is 604. The van der Waals surface area contributed by atoms with Crippen molar-refractivity contribution in [1.29, 1.82) is 0 Å². The van der Waals surface area contributed by atoms with E-state index in [9.17, 15) is 4.79 Å². The number of rotatable bonds is 3. The van der Waals surface area contributed by atoms with Gasteiger partial charge in [0.2, 0.25) is 0 Å². The lowest BCUT2D eigenvalue weighted by atomic mass is 10.00. The molecule has 1 aromatic heterocycles. The highest BCUT2D eigenvalue weighted by molar-refractivity contribution is 9.10. The summed E-state index contributed by atoms with van der Waals surface area (Å²) in [6, 6.07) is 7.84. The molecule has 3 nitrogen and oxygen atoms in total. The van der Waals surface area contributed by atoms with Crippen molar-refractivity contribution in [3.8, 4) is 0 Å². The molecule has 2 aromatic rings. The number of hydrogen-bond donors (Lipinski definition) is 1. The number of hydrogen-bond acceptors (Lipinski definition) is 2. The second-order valence-corrected chi connectivity index (χ2v) is 5.38. The zero-order chi connectivity index (χ0) is 14.0. The molecule has 0 saturated carbocycles. The summed E-state index contributed by atoms with van der Waals surface area (Å²) < 4.78 is 5.53. The normalized spacial score (nSPS) is 12.2. The zero-order valence-electron chi connectivity index (χ0n) is 11.2. The van der Waals surface area contributed by atoms with Crippen LogP contribution in [0.2, 0.25) is 0 Å². The number of amides is 1. The molecule has 0 aliphatic rings. The molecule has 0 aliphatic carbocycles. The van der Waals surface area contributed by atoms with Crippen LogP contribution < -0.4 is 5.32 Å². The molecular weight excluding hydrogens is 306 g/mol. The SMILES string of the molecule is Cc1ccc(C)c(C(C)NC(=O)c2ccoc2Br)c1. The summed E-state index contributed by atoms with van der Waals surface area (Å²) in [5.41, 5.74) is 4.00. The van der Waals surface area contributed by atoms with Gasteiger partial charge in [0.05, 0.1) is 17.9 Å². The minimum Gasteiger partial charge on any atom is -0.457 e. The van der Waals surface area contributed by atoms with Gasteiger partial charge in [0.25, 0.3) is 5.91 Å². The second kappa shape index (κ2) is 5.61. The van der Waals surface area contributed by atoms with E-state index in [2.05, 4.69) is 39.4 Å². The van der Waals surface area contributed by atoms with Crippen LogP contribution in [0.3, 0.4) is 0 Å². The largest absolute Gasteiger partial charge is 0.457 e. The molecule has 1 atom stereocenters. The maximum atomic E-state index is 12.1. The van der Waals surface area contributed by atoms with Gasteiger partial charge in [0, 0.05) is 0 Å². The molecule has 0 aliphatic heterocycles. The summed E-state index contributed by atoms with van der Waals surface area (Å²) in [4.78, 5) is 12.1. The van der Waals surface area contributed by atoms with Crippen LogP contribution in [-0.4, -0.2) is 5.91 Å². The Morgan fingerprint density at radius 3 is 2.68 bits per heavy atom. The van der Waals surface area contributed by atoms with Gasteiger partial charge >= 0.3 is 0 Å². The first-order valence-corrected chi connectivity index (χ1v) is 6.89. The van der Waals surface area contributed by atoms with E-state index < -0.39 is 0 Å². The molecule has 1 amide bonds. The fourth-order valence-electron chi connectivity index (χ4n) is 2.03. The van der Waals surface area contributed by atoms with Gasteiger partial charge in [0.1, 0.15) is 0 Å². The predicted octanol–water partition coefficient (Wildman–Crippen LogP) is 4.15. The molecule has 19 heavy (non-hydrogen) atoms. The lowest BCUT2D eigenvalue weighted by Gasteiger charge is -2.17. The topological polar surface area (TPSA) is 42.2 Å². The number of halogens is 1. The third-order valence-electron chi connectivity index (χ3n) is 3.11. The fraction of sp³-hybridized carbons (Fsp3) is 0.267. The van der Waals surface area contributed by atoms with Crippen molar-refractivity contribution in [2.24, 2.45) is 0 Å². The van der Waals surface area contributed by atoms with Gasteiger partial charge in [0.15, 0.2) is 4.67 Å². The van der Waals surface area contributed by atoms with Crippen LogP contribution in [0.5, 0.6) is 0 Å². The highest BCUT2D eigenvalue weighted by Crippen LogP contribution is 2.21. The summed E-state index contributed by atoms with van der Waals surface area (Å²) in [6.45, 7) is 6.07. The van der Waals surface area contributed by atoms with Crippen molar-refractivity contribution < 1.29 is 9.21 Å². The van der Waals surface area contributed by atoms with Gasteiger partial charge in [-0.2, -0.15) is 0 Å². The van der Waals surface area contributed by atoms with E-state index in [4.69, 9.17) is 4.42 Å². The first kappa shape index (κ1) is 13.9. The maximum absolute atomic E-state index is 12.1. The lowest BCUT2D eigenvalue weighted by Crippen LogP contribution is -2.27. The first-order valence-electron chi connectivity index (χ1n) is 6.10. The molecule has 1 heterocycles. The predicted molar refractivity (Wildman–Crippen MR) is 78.2 cm³/mol. The summed E-state index contributed by atoms with van der Waals surface area (Å²) in [7, 11) is 0. The summed E-state index contributed by atoms with van der Waals surface area (Å²) in [6.07, 6.45) is 1.49. The second-order valence-electron chi connectivity index (χ2n) is 4.66. The smallest absolute Gasteiger partial charge is 0.256 e. The lowest BCUT2D eigenvalue weighted by molar-refractivity contribution is 0.0938. The highest BCUT2D eigenvalue weighted by Gasteiger charge is 2.16. The average molecular weight is 322 g/mol. The Morgan fingerprint density at radius 2 is 2.05 bits per heavy atom. The van der Waals surface area contributed by atoms with E-state index in [0.717, 1.165) is 5.56 Å². The van der Waals surface area contributed by atoms with Gasteiger partial charge in [-0.15, -0.1) is 0 Å². The standard InChI is InChI=1S/C15H16BrNO2/c1-9-4-5-10(2)13(8-9)11(3)17-15(18)12-6-7-19-14(12)16/h4-8,11H,1-3H3,(H,17,18). The summed E-state index contributed by atoms with van der Waals surface area (Å²) in [5, 5.41) is 2.98. The van der Waals surface area contributed by atoms with E-state index in [1.165, 1.54) is 17.4 Å². The Morgan fingerprint density at radius 1 is 1.32 bits per heavy atom. The molecule has 100 valence electrons. The van der Waals surface area contributed by atoms with Crippen LogP contribution >= 0.6 is 15.9 Å². The van der Waals surface area contributed by atoms with Gasteiger partial charge in [-0.3, -0.25) is 4.79 Å². The molecule has 0 bridgehead atoms. The quantitative estimate of drug-likeness (QED) is 0.922. The van der Waals surface area contributed by atoms with Gasteiger partial charge < -0.3 is 9.73 Å². The molecule has 2 rings (SSSR count). The van der Waals surface area contributed by atoms with Crippen LogP contribution in [0.1, 0.15) is 40.0 Å². The van der Waals surface area contributed by atoms with Crippen LogP contribution in [0, 0.1) is 13.8 Å². The van der Waals surface area contributed by atoms with Crippen molar-refractivity contribution in [1.82, 2.24) is 5.32 Å². The Hall–Kier alpha value is -1.55. The molecule has 0 saturated heterocycles. The Labute approximate surface area is 121 Å². The monoisotopic (exact) mass is 321 g/mol. The summed E-state index contributed by atoms with van der Waals surface area (Å²) in [5.74, 6) is -0.144. The van der Waals surface area contributed by atoms with Crippen LogP contribution in [0.25, 0.3) is 0 Å². The molecule has 0 fully saturated rings. The minimum absolute atomic E-state index is 0.0470. The number of carbonyl (C=O) groups is 1. The minimum atomic E-state index is -0.144. The third kappa shape index (κ3) is 3.07. The Balaban J connectivity index is 2.17. The maximum Gasteiger partial charge on any atom is 0.256 e. The fourth-order valence-corrected chi connectivity index (χ4v) is 2.45. The highest BCUT2D eigenvalue weighted by atomic mass is 79.9. The van der Waals surface area contributed by atoms with Crippen molar-refractivity contribution in [3.05, 3.63) is 57.5 Å². The molecule has 1 unspecified atom stereocenters. The van der Waals surface area contributed by atoms with Gasteiger partial charge in [-0.05, 0) is 53.9 Å². The van der Waals surface area contributed by atoms with E-state index in [1.54, 1.807) is 6.07 Å². The number of carbonyl (C=O) groups excluding carboxylic acids is 1. The van der Waals surface area contributed by atoms with Gasteiger partial charge in [-0.25, -0.2) is 0 Å². The van der Waals surface area contributed by atoms with Crippen LogP contribution in [0.15, 0.2) is 39.6 Å². The molecule has 0 spiro atoms. The number of aryl methyl sites for hydroxylation is 2. The molecule has 1 aromatic carbocycles. The summed E-state index contributed by atoms with van der Waals surface area (Å²) >= 11 is 3.21. The van der Waals surface area contributed by atoms with Crippen LogP contribution in [-0.2, 0) is 0 Å². The van der Waals surface area contributed by atoms with Crippen molar-refractivity contribution >= 4 is 21.8 Å². The van der Waals surface area contributed by atoms with Gasteiger partial charge in [-0.1, -0.05) is 23.8 Å². The van der Waals surface area contributed by atoms with E-state index in [-0.39, 0.29) is 11.9 Å². The van der Waals surface area contributed by atoms with Crippen molar-refractivity contribution in [2.75, 3.05) is 0 Å². The van der Waals surface area contributed by atoms with E-state index in [0.29, 0.717) is 10.2 Å². The third-order valence-corrected chi connectivity index (χ3v) is 3.73. The van der Waals surface area contributed by atoms with E-state index in [1.807, 2.05) is 20.8 Å². The zero-order valence-corrected chi connectivity index (χ0v) is 12.7. The molecule has 0 radical (unpaired) electrons. The van der Waals surface area contributed by atoms with E-state index >= 15 is 0 Å².